The Morgan fingerprint density at radius 1 is 1.22 bits per heavy atom. The van der Waals surface area contributed by atoms with E-state index in [1.807, 2.05) is 31.1 Å². The lowest BCUT2D eigenvalue weighted by atomic mass is 10.0. The SMILES string of the molecule is CN(C)c1ccc(C(CCC(F)(F)F)NN)cc1. The molecule has 1 unspecified atom stereocenters. The number of hydrogen-bond acceptors (Lipinski definition) is 3. The van der Waals surface area contributed by atoms with E-state index in [1.54, 1.807) is 12.1 Å². The molecule has 102 valence electrons. The molecule has 18 heavy (non-hydrogen) atoms. The van der Waals surface area contributed by atoms with Crippen molar-refractivity contribution in [2.75, 3.05) is 19.0 Å². The van der Waals surface area contributed by atoms with E-state index in [0.717, 1.165) is 11.3 Å². The van der Waals surface area contributed by atoms with E-state index in [0.29, 0.717) is 0 Å². The van der Waals surface area contributed by atoms with Gasteiger partial charge in [-0.1, -0.05) is 12.1 Å². The van der Waals surface area contributed by atoms with Gasteiger partial charge in [-0.3, -0.25) is 11.3 Å². The first kappa shape index (κ1) is 14.8. The van der Waals surface area contributed by atoms with Crippen LogP contribution in [0, 0.1) is 0 Å². The maximum Gasteiger partial charge on any atom is 0.389 e. The highest BCUT2D eigenvalue weighted by molar-refractivity contribution is 5.46. The quantitative estimate of drug-likeness (QED) is 0.632. The van der Waals surface area contributed by atoms with Crippen LogP contribution in [0.4, 0.5) is 18.9 Å². The van der Waals surface area contributed by atoms with Crippen molar-refractivity contribution in [3.63, 3.8) is 0 Å². The van der Waals surface area contributed by atoms with Gasteiger partial charge in [0.25, 0.3) is 0 Å². The van der Waals surface area contributed by atoms with Gasteiger partial charge in [-0.2, -0.15) is 13.2 Å². The number of nitrogens with one attached hydrogen (secondary N) is 1. The average Bonchev–Trinajstić information content (AvgIpc) is 2.29. The summed E-state index contributed by atoms with van der Waals surface area (Å²) < 4.78 is 36.5. The monoisotopic (exact) mass is 261 g/mol. The van der Waals surface area contributed by atoms with Crippen molar-refractivity contribution in [3.05, 3.63) is 29.8 Å². The molecule has 0 heterocycles. The fourth-order valence-corrected chi connectivity index (χ4v) is 1.66. The molecule has 0 bridgehead atoms. The molecule has 0 spiro atoms. The lowest BCUT2D eigenvalue weighted by Crippen LogP contribution is -2.29. The molecule has 6 heteroatoms. The highest BCUT2D eigenvalue weighted by Crippen LogP contribution is 2.27. The number of anilines is 1. The van der Waals surface area contributed by atoms with Gasteiger partial charge in [0.2, 0.25) is 0 Å². The van der Waals surface area contributed by atoms with Crippen molar-refractivity contribution in [1.29, 1.82) is 0 Å². The summed E-state index contributed by atoms with van der Waals surface area (Å²) in [6, 6.07) is 6.80. The van der Waals surface area contributed by atoms with Crippen molar-refractivity contribution in [1.82, 2.24) is 5.43 Å². The summed E-state index contributed by atoms with van der Waals surface area (Å²) in [4.78, 5) is 1.92. The Hall–Kier alpha value is -1.27. The van der Waals surface area contributed by atoms with Crippen molar-refractivity contribution in [2.24, 2.45) is 5.84 Å². The van der Waals surface area contributed by atoms with Crippen molar-refractivity contribution < 1.29 is 13.2 Å². The number of halogens is 3. The van der Waals surface area contributed by atoms with Crippen molar-refractivity contribution in [3.8, 4) is 0 Å². The third kappa shape index (κ3) is 4.54. The Labute approximate surface area is 105 Å². The van der Waals surface area contributed by atoms with Gasteiger partial charge >= 0.3 is 6.18 Å². The van der Waals surface area contributed by atoms with Gasteiger partial charge in [0.15, 0.2) is 0 Å². The Morgan fingerprint density at radius 2 is 1.78 bits per heavy atom. The number of hydrogen-bond donors (Lipinski definition) is 2. The normalized spacial score (nSPS) is 13.4. The second-order valence-electron chi connectivity index (χ2n) is 4.36. The second kappa shape index (κ2) is 6.06. The maximum atomic E-state index is 12.2. The van der Waals surface area contributed by atoms with Gasteiger partial charge in [-0.05, 0) is 24.1 Å². The molecule has 1 aromatic carbocycles. The summed E-state index contributed by atoms with van der Waals surface area (Å²) in [5.74, 6) is 5.30. The molecular weight excluding hydrogens is 243 g/mol. The third-order valence-electron chi connectivity index (χ3n) is 2.73. The standard InChI is InChI=1S/C12H18F3N3/c1-18(2)10-5-3-9(4-6-10)11(17-16)7-8-12(13,14)15/h3-6,11,17H,7-8,16H2,1-2H3. The number of alkyl halides is 3. The van der Waals surface area contributed by atoms with Gasteiger partial charge in [0, 0.05) is 32.2 Å². The highest BCUT2D eigenvalue weighted by Gasteiger charge is 2.28. The van der Waals surface area contributed by atoms with Crippen LogP contribution >= 0.6 is 0 Å². The molecule has 3 nitrogen and oxygen atoms in total. The zero-order valence-electron chi connectivity index (χ0n) is 10.5. The average molecular weight is 261 g/mol. The Bertz CT molecular complexity index is 360. The first-order valence-corrected chi connectivity index (χ1v) is 5.63. The van der Waals surface area contributed by atoms with E-state index in [1.165, 1.54) is 0 Å². The van der Waals surface area contributed by atoms with E-state index in [9.17, 15) is 13.2 Å². The molecule has 0 aliphatic rings. The highest BCUT2D eigenvalue weighted by atomic mass is 19.4. The van der Waals surface area contributed by atoms with Crippen LogP contribution in [-0.4, -0.2) is 20.3 Å². The number of hydrazine groups is 1. The summed E-state index contributed by atoms with van der Waals surface area (Å²) in [5, 5.41) is 0. The number of rotatable bonds is 5. The lowest BCUT2D eigenvalue weighted by Gasteiger charge is -2.19. The molecule has 3 N–H and O–H groups in total. The van der Waals surface area contributed by atoms with E-state index >= 15 is 0 Å². The molecule has 0 aliphatic heterocycles. The van der Waals surface area contributed by atoms with E-state index in [2.05, 4.69) is 5.43 Å². The Morgan fingerprint density at radius 3 is 2.17 bits per heavy atom. The van der Waals surface area contributed by atoms with Gasteiger partial charge in [0.1, 0.15) is 0 Å². The fraction of sp³-hybridized carbons (Fsp3) is 0.500. The van der Waals surface area contributed by atoms with Crippen LogP contribution in [0.25, 0.3) is 0 Å². The van der Waals surface area contributed by atoms with Crippen LogP contribution in [-0.2, 0) is 0 Å². The van der Waals surface area contributed by atoms with E-state index < -0.39 is 18.6 Å². The zero-order chi connectivity index (χ0) is 13.8. The zero-order valence-corrected chi connectivity index (χ0v) is 10.5. The van der Waals surface area contributed by atoms with E-state index in [4.69, 9.17) is 5.84 Å². The predicted molar refractivity (Wildman–Crippen MR) is 66.1 cm³/mol. The van der Waals surface area contributed by atoms with Crippen LogP contribution in [0.1, 0.15) is 24.4 Å². The molecule has 0 radical (unpaired) electrons. The predicted octanol–water partition coefficient (Wildman–Crippen LogP) is 2.60. The summed E-state index contributed by atoms with van der Waals surface area (Å²) in [5.41, 5.74) is 4.17. The van der Waals surface area contributed by atoms with Crippen LogP contribution < -0.4 is 16.2 Å². The summed E-state index contributed by atoms with van der Waals surface area (Å²) in [7, 11) is 3.80. The van der Waals surface area contributed by atoms with Crippen LogP contribution in [0.5, 0.6) is 0 Å². The fourth-order valence-electron chi connectivity index (χ4n) is 1.66. The minimum Gasteiger partial charge on any atom is -0.378 e. The lowest BCUT2D eigenvalue weighted by molar-refractivity contribution is -0.136. The van der Waals surface area contributed by atoms with Crippen LogP contribution in [0.3, 0.4) is 0 Å². The molecule has 0 amide bonds. The first-order valence-electron chi connectivity index (χ1n) is 5.63. The largest absolute Gasteiger partial charge is 0.389 e. The minimum absolute atomic E-state index is 0.0681. The molecule has 1 aromatic rings. The third-order valence-corrected chi connectivity index (χ3v) is 2.73. The summed E-state index contributed by atoms with van der Waals surface area (Å²) >= 11 is 0. The number of nitrogens with two attached hydrogens (primary N) is 1. The molecular formula is C12H18F3N3. The van der Waals surface area contributed by atoms with Gasteiger partial charge in [-0.25, -0.2) is 0 Å². The number of benzene rings is 1. The molecule has 1 atom stereocenters. The van der Waals surface area contributed by atoms with Gasteiger partial charge in [0.05, 0.1) is 0 Å². The molecule has 0 aliphatic carbocycles. The topological polar surface area (TPSA) is 41.3 Å². The Balaban J connectivity index is 2.70. The Kier molecular flexibility index (Phi) is 4.98. The van der Waals surface area contributed by atoms with Crippen molar-refractivity contribution >= 4 is 5.69 Å². The molecule has 0 saturated heterocycles. The van der Waals surface area contributed by atoms with Crippen LogP contribution in [0.2, 0.25) is 0 Å². The summed E-state index contributed by atoms with van der Waals surface area (Å²) in [6.07, 6.45) is -5.07. The maximum absolute atomic E-state index is 12.2. The molecule has 0 fully saturated rings. The number of nitrogens with zero attached hydrogens (tertiary/aromatic N) is 1. The minimum atomic E-state index is -4.15. The van der Waals surface area contributed by atoms with Gasteiger partial charge < -0.3 is 4.90 Å². The summed E-state index contributed by atoms with van der Waals surface area (Å²) in [6.45, 7) is 0. The molecule has 0 saturated carbocycles. The molecule has 1 rings (SSSR count). The smallest absolute Gasteiger partial charge is 0.378 e. The van der Waals surface area contributed by atoms with Gasteiger partial charge in [-0.15, -0.1) is 0 Å². The van der Waals surface area contributed by atoms with E-state index in [-0.39, 0.29) is 6.42 Å². The molecule has 0 aromatic heterocycles. The second-order valence-corrected chi connectivity index (χ2v) is 4.36. The van der Waals surface area contributed by atoms with Crippen LogP contribution in [0.15, 0.2) is 24.3 Å². The van der Waals surface area contributed by atoms with Crippen molar-refractivity contribution in [2.45, 2.75) is 25.1 Å². The first-order chi connectivity index (χ1) is 8.33.